The minimum absolute atomic E-state index is 0.197. The third kappa shape index (κ3) is 3.51. The summed E-state index contributed by atoms with van der Waals surface area (Å²) in [4.78, 5) is 11.2. The molecule has 1 N–H and O–H groups in total. The van der Waals surface area contributed by atoms with Crippen LogP contribution >= 0.6 is 0 Å². The highest BCUT2D eigenvalue weighted by Crippen LogP contribution is 2.33. The summed E-state index contributed by atoms with van der Waals surface area (Å²) in [7, 11) is 1.54. The summed E-state index contributed by atoms with van der Waals surface area (Å²) < 4.78 is 10.9. The molecule has 0 saturated heterocycles. The standard InChI is InChI=1S/C16H14N2O3/c1-11(19)18-14-5-3-4-6-15(14)21-16-9-13(20-2)8-7-12(16)10-17/h3-9H,1-2H3,(H,18,19). The number of hydrogen-bond acceptors (Lipinski definition) is 4. The van der Waals surface area contributed by atoms with Gasteiger partial charge in [-0.3, -0.25) is 4.79 Å². The van der Waals surface area contributed by atoms with Crippen LogP contribution in [0, 0.1) is 11.3 Å². The second kappa shape index (κ2) is 6.44. The van der Waals surface area contributed by atoms with E-state index in [1.165, 1.54) is 14.0 Å². The van der Waals surface area contributed by atoms with Crippen molar-refractivity contribution in [3.63, 3.8) is 0 Å². The van der Waals surface area contributed by atoms with E-state index in [1.54, 1.807) is 42.5 Å². The summed E-state index contributed by atoms with van der Waals surface area (Å²) in [5.41, 5.74) is 0.921. The van der Waals surface area contributed by atoms with Crippen LogP contribution in [-0.2, 0) is 4.79 Å². The third-order valence-corrected chi connectivity index (χ3v) is 2.73. The van der Waals surface area contributed by atoms with Gasteiger partial charge in [0.15, 0.2) is 5.75 Å². The van der Waals surface area contributed by atoms with Gasteiger partial charge in [0.05, 0.1) is 18.4 Å². The van der Waals surface area contributed by atoms with Crippen molar-refractivity contribution in [1.29, 1.82) is 5.26 Å². The molecule has 0 aliphatic heterocycles. The zero-order valence-corrected chi connectivity index (χ0v) is 11.7. The van der Waals surface area contributed by atoms with Crippen molar-refractivity contribution < 1.29 is 14.3 Å². The zero-order chi connectivity index (χ0) is 15.2. The summed E-state index contributed by atoms with van der Waals surface area (Å²) in [6.45, 7) is 1.42. The van der Waals surface area contributed by atoms with E-state index in [2.05, 4.69) is 11.4 Å². The summed E-state index contributed by atoms with van der Waals surface area (Å²) in [5, 5.41) is 11.8. The van der Waals surface area contributed by atoms with Crippen LogP contribution in [0.5, 0.6) is 17.2 Å². The molecule has 0 aliphatic carbocycles. The molecule has 2 rings (SSSR count). The van der Waals surface area contributed by atoms with E-state index in [4.69, 9.17) is 14.7 Å². The van der Waals surface area contributed by atoms with Gasteiger partial charge in [-0.05, 0) is 24.3 Å². The lowest BCUT2D eigenvalue weighted by atomic mass is 10.2. The second-order valence-corrected chi connectivity index (χ2v) is 4.25. The van der Waals surface area contributed by atoms with Crippen LogP contribution in [-0.4, -0.2) is 13.0 Å². The van der Waals surface area contributed by atoms with Crippen LogP contribution in [0.15, 0.2) is 42.5 Å². The fraction of sp³-hybridized carbons (Fsp3) is 0.125. The number of methoxy groups -OCH3 is 1. The van der Waals surface area contributed by atoms with Gasteiger partial charge in [-0.25, -0.2) is 0 Å². The summed E-state index contributed by atoms with van der Waals surface area (Å²) in [6, 6.07) is 14.0. The molecule has 0 aliphatic rings. The van der Waals surface area contributed by atoms with Gasteiger partial charge in [0.2, 0.25) is 5.91 Å². The fourth-order valence-corrected chi connectivity index (χ4v) is 1.77. The molecule has 0 radical (unpaired) electrons. The number of amides is 1. The Balaban J connectivity index is 2.38. The Labute approximate surface area is 122 Å². The van der Waals surface area contributed by atoms with E-state index in [9.17, 15) is 4.79 Å². The third-order valence-electron chi connectivity index (χ3n) is 2.73. The number of nitrogens with one attached hydrogen (secondary N) is 1. The lowest BCUT2D eigenvalue weighted by Gasteiger charge is -2.13. The normalized spacial score (nSPS) is 9.57. The van der Waals surface area contributed by atoms with Crippen LogP contribution in [0.25, 0.3) is 0 Å². The number of nitriles is 1. The van der Waals surface area contributed by atoms with Crippen molar-refractivity contribution in [3.05, 3.63) is 48.0 Å². The Bertz CT molecular complexity index is 705. The van der Waals surface area contributed by atoms with Gasteiger partial charge in [-0.1, -0.05) is 12.1 Å². The van der Waals surface area contributed by atoms with Gasteiger partial charge in [-0.2, -0.15) is 5.26 Å². The number of anilines is 1. The molecule has 2 aromatic carbocycles. The maximum atomic E-state index is 11.2. The van der Waals surface area contributed by atoms with E-state index >= 15 is 0 Å². The van der Waals surface area contributed by atoms with Crippen molar-refractivity contribution in [2.24, 2.45) is 0 Å². The first-order chi connectivity index (χ1) is 10.1. The highest BCUT2D eigenvalue weighted by Gasteiger charge is 2.10. The molecule has 0 atom stereocenters. The van der Waals surface area contributed by atoms with Crippen LogP contribution < -0.4 is 14.8 Å². The average Bonchev–Trinajstić information content (AvgIpc) is 2.48. The lowest BCUT2D eigenvalue weighted by Crippen LogP contribution is -2.06. The molecule has 0 spiro atoms. The van der Waals surface area contributed by atoms with Crippen molar-refractivity contribution in [2.75, 3.05) is 12.4 Å². The summed E-state index contributed by atoms with van der Waals surface area (Å²) >= 11 is 0. The van der Waals surface area contributed by atoms with Crippen LogP contribution in [0.2, 0.25) is 0 Å². The zero-order valence-electron chi connectivity index (χ0n) is 11.7. The van der Waals surface area contributed by atoms with Crippen LogP contribution in [0.4, 0.5) is 5.69 Å². The van der Waals surface area contributed by atoms with Crippen LogP contribution in [0.1, 0.15) is 12.5 Å². The van der Waals surface area contributed by atoms with Crippen molar-refractivity contribution in [2.45, 2.75) is 6.92 Å². The number of carbonyl (C=O) groups excluding carboxylic acids is 1. The van der Waals surface area contributed by atoms with Gasteiger partial charge in [0, 0.05) is 13.0 Å². The first-order valence-corrected chi connectivity index (χ1v) is 6.26. The number of carbonyl (C=O) groups is 1. The molecule has 0 fully saturated rings. The molecule has 0 heterocycles. The maximum absolute atomic E-state index is 11.2. The van der Waals surface area contributed by atoms with Gasteiger partial charge in [-0.15, -0.1) is 0 Å². The molecule has 1 amide bonds. The number of benzene rings is 2. The minimum Gasteiger partial charge on any atom is -0.497 e. The van der Waals surface area contributed by atoms with Crippen molar-refractivity contribution in [1.82, 2.24) is 0 Å². The number of rotatable bonds is 4. The van der Waals surface area contributed by atoms with Crippen molar-refractivity contribution in [3.8, 4) is 23.3 Å². The van der Waals surface area contributed by atoms with Gasteiger partial charge >= 0.3 is 0 Å². The Morgan fingerprint density at radius 3 is 2.62 bits per heavy atom. The molecule has 5 nitrogen and oxygen atoms in total. The second-order valence-electron chi connectivity index (χ2n) is 4.25. The molecule has 0 aromatic heterocycles. The Hall–Kier alpha value is -3.00. The smallest absolute Gasteiger partial charge is 0.221 e. The summed E-state index contributed by atoms with van der Waals surface area (Å²) in [6.07, 6.45) is 0. The summed E-state index contributed by atoms with van der Waals surface area (Å²) in [5.74, 6) is 1.21. The van der Waals surface area contributed by atoms with Gasteiger partial charge < -0.3 is 14.8 Å². The number of para-hydroxylation sites is 2. The average molecular weight is 282 g/mol. The topological polar surface area (TPSA) is 71.3 Å². The molecule has 0 saturated carbocycles. The minimum atomic E-state index is -0.197. The maximum Gasteiger partial charge on any atom is 0.221 e. The molecule has 21 heavy (non-hydrogen) atoms. The molecular formula is C16H14N2O3. The molecule has 0 bridgehead atoms. The number of hydrogen-bond donors (Lipinski definition) is 1. The molecule has 5 heteroatoms. The molecule has 106 valence electrons. The van der Waals surface area contributed by atoms with Gasteiger partial charge in [0.1, 0.15) is 17.6 Å². The predicted octanol–water partition coefficient (Wildman–Crippen LogP) is 3.32. The lowest BCUT2D eigenvalue weighted by molar-refractivity contribution is -0.114. The molecule has 0 unspecified atom stereocenters. The Morgan fingerprint density at radius 2 is 1.95 bits per heavy atom. The molecule has 2 aromatic rings. The fourth-order valence-electron chi connectivity index (χ4n) is 1.77. The number of ether oxygens (including phenoxy) is 2. The van der Waals surface area contributed by atoms with Crippen LogP contribution in [0.3, 0.4) is 0 Å². The first-order valence-electron chi connectivity index (χ1n) is 6.26. The first kappa shape index (κ1) is 14.4. The SMILES string of the molecule is COc1ccc(C#N)c(Oc2ccccc2NC(C)=O)c1. The monoisotopic (exact) mass is 282 g/mol. The van der Waals surface area contributed by atoms with Crippen molar-refractivity contribution >= 4 is 11.6 Å². The van der Waals surface area contributed by atoms with E-state index < -0.39 is 0 Å². The van der Waals surface area contributed by atoms with E-state index in [1.807, 2.05) is 0 Å². The quantitative estimate of drug-likeness (QED) is 0.933. The van der Waals surface area contributed by atoms with Gasteiger partial charge in [0.25, 0.3) is 0 Å². The van der Waals surface area contributed by atoms with E-state index in [0.29, 0.717) is 28.5 Å². The largest absolute Gasteiger partial charge is 0.497 e. The highest BCUT2D eigenvalue weighted by molar-refractivity contribution is 5.90. The Kier molecular flexibility index (Phi) is 4.42. The predicted molar refractivity (Wildman–Crippen MR) is 78.5 cm³/mol. The van der Waals surface area contributed by atoms with E-state index in [-0.39, 0.29) is 5.91 Å². The molecular weight excluding hydrogens is 268 g/mol. The van der Waals surface area contributed by atoms with E-state index in [0.717, 1.165) is 0 Å². The Morgan fingerprint density at radius 1 is 1.19 bits per heavy atom. The highest BCUT2D eigenvalue weighted by atomic mass is 16.5. The number of nitrogens with zero attached hydrogens (tertiary/aromatic N) is 1.